The summed E-state index contributed by atoms with van der Waals surface area (Å²) in [4.78, 5) is 40.9. The fourth-order valence-electron chi connectivity index (χ4n) is 4.09. The third kappa shape index (κ3) is 7.71. The van der Waals surface area contributed by atoms with Crippen LogP contribution in [0.4, 0.5) is 10.5 Å². The molecule has 0 saturated carbocycles. The predicted molar refractivity (Wildman–Crippen MR) is 149 cm³/mol. The zero-order chi connectivity index (χ0) is 27.9. The molecule has 8 nitrogen and oxygen atoms in total. The van der Waals surface area contributed by atoms with Crippen LogP contribution in [0.1, 0.15) is 57.7 Å². The fourth-order valence-corrected chi connectivity index (χ4v) is 4.09. The number of carbonyl (C=O) groups is 3. The van der Waals surface area contributed by atoms with Crippen LogP contribution in [0, 0.1) is 6.92 Å². The number of alkyl carbamates (subject to hydrolysis) is 1. The maximum absolute atomic E-state index is 13.8. The molecular formula is C30H37N3O5. The van der Waals surface area contributed by atoms with E-state index in [2.05, 4.69) is 10.6 Å². The average Bonchev–Trinajstić information content (AvgIpc) is 2.85. The van der Waals surface area contributed by atoms with Crippen molar-refractivity contribution in [2.75, 3.05) is 18.4 Å². The molecule has 8 heteroatoms. The highest BCUT2D eigenvalue weighted by atomic mass is 16.6. The molecule has 3 aromatic rings. The van der Waals surface area contributed by atoms with Gasteiger partial charge < -0.3 is 25.4 Å². The summed E-state index contributed by atoms with van der Waals surface area (Å²) in [7, 11) is 0. The first-order valence-electron chi connectivity index (χ1n) is 12.8. The number of fused-ring (bicyclic) bond motifs is 1. The Labute approximate surface area is 224 Å². The summed E-state index contributed by atoms with van der Waals surface area (Å²) >= 11 is 0. The Morgan fingerprint density at radius 3 is 2.37 bits per heavy atom. The minimum Gasteiger partial charge on any atom is -0.508 e. The second-order valence-corrected chi connectivity index (χ2v) is 10.3. The van der Waals surface area contributed by atoms with Crippen molar-refractivity contribution in [3.63, 3.8) is 0 Å². The maximum Gasteiger partial charge on any atom is 0.408 e. The second kappa shape index (κ2) is 12.4. The van der Waals surface area contributed by atoms with Crippen molar-refractivity contribution in [3.8, 4) is 5.75 Å². The number of phenolic OH excluding ortho intramolecular Hbond substituents is 1. The molecule has 0 radical (unpaired) electrons. The molecule has 1 atom stereocenters. The van der Waals surface area contributed by atoms with Crippen LogP contribution in [0.25, 0.3) is 10.8 Å². The van der Waals surface area contributed by atoms with Gasteiger partial charge >= 0.3 is 6.09 Å². The van der Waals surface area contributed by atoms with Crippen molar-refractivity contribution in [2.24, 2.45) is 0 Å². The number of aromatic hydroxyl groups is 1. The van der Waals surface area contributed by atoms with Crippen LogP contribution in [0.2, 0.25) is 0 Å². The molecule has 3 N–H and O–H groups in total. The van der Waals surface area contributed by atoms with Gasteiger partial charge in [0, 0.05) is 12.2 Å². The summed E-state index contributed by atoms with van der Waals surface area (Å²) < 4.78 is 5.26. The van der Waals surface area contributed by atoms with Gasteiger partial charge in [0.2, 0.25) is 5.91 Å². The van der Waals surface area contributed by atoms with E-state index in [0.29, 0.717) is 29.8 Å². The number of hydrogen-bond donors (Lipinski definition) is 3. The van der Waals surface area contributed by atoms with Crippen LogP contribution in [0.3, 0.4) is 0 Å². The molecule has 0 aliphatic rings. The first-order valence-corrected chi connectivity index (χ1v) is 12.8. The number of anilines is 1. The van der Waals surface area contributed by atoms with E-state index in [1.807, 2.05) is 49.4 Å². The van der Waals surface area contributed by atoms with Gasteiger partial charge in [0.05, 0.1) is 0 Å². The van der Waals surface area contributed by atoms with Crippen LogP contribution in [-0.2, 0) is 14.3 Å². The molecular weight excluding hydrogens is 482 g/mol. The van der Waals surface area contributed by atoms with E-state index >= 15 is 0 Å². The SMILES string of the molecule is CCCCN(C(=O)CNC(=O)OC(C)(C)C)C(C(=O)Nc1ccc2ccccc2c1)c1ccc(O)c(C)c1. The van der Waals surface area contributed by atoms with Crippen LogP contribution >= 0.6 is 0 Å². The normalized spacial score (nSPS) is 12.0. The molecule has 0 bridgehead atoms. The zero-order valence-corrected chi connectivity index (χ0v) is 22.7. The van der Waals surface area contributed by atoms with E-state index in [-0.39, 0.29) is 12.3 Å². The number of phenols is 1. The van der Waals surface area contributed by atoms with Gasteiger partial charge in [0.25, 0.3) is 5.91 Å². The van der Waals surface area contributed by atoms with E-state index in [1.165, 1.54) is 11.0 Å². The van der Waals surface area contributed by atoms with E-state index in [4.69, 9.17) is 4.74 Å². The number of unbranched alkanes of at least 4 members (excludes halogenated alkanes) is 1. The smallest absolute Gasteiger partial charge is 0.408 e. The van der Waals surface area contributed by atoms with Gasteiger partial charge in [0.1, 0.15) is 23.9 Å². The Morgan fingerprint density at radius 1 is 1.00 bits per heavy atom. The topological polar surface area (TPSA) is 108 Å². The molecule has 38 heavy (non-hydrogen) atoms. The van der Waals surface area contributed by atoms with Gasteiger partial charge in [-0.15, -0.1) is 0 Å². The first-order chi connectivity index (χ1) is 18.0. The second-order valence-electron chi connectivity index (χ2n) is 10.3. The van der Waals surface area contributed by atoms with Crippen LogP contribution in [0.5, 0.6) is 5.75 Å². The molecule has 3 aromatic carbocycles. The Hall–Kier alpha value is -4.07. The Balaban J connectivity index is 1.93. The molecule has 202 valence electrons. The number of carbonyl (C=O) groups excluding carboxylic acids is 3. The lowest BCUT2D eigenvalue weighted by Crippen LogP contribution is -2.47. The number of benzene rings is 3. The van der Waals surface area contributed by atoms with Crippen molar-refractivity contribution in [1.82, 2.24) is 10.2 Å². The lowest BCUT2D eigenvalue weighted by Gasteiger charge is -2.32. The molecule has 0 fully saturated rings. The third-order valence-electron chi connectivity index (χ3n) is 5.97. The number of aryl methyl sites for hydroxylation is 1. The van der Waals surface area contributed by atoms with E-state index in [0.717, 1.165) is 17.2 Å². The lowest BCUT2D eigenvalue weighted by atomic mass is 10.0. The predicted octanol–water partition coefficient (Wildman–Crippen LogP) is 5.69. The third-order valence-corrected chi connectivity index (χ3v) is 5.97. The zero-order valence-electron chi connectivity index (χ0n) is 22.7. The summed E-state index contributed by atoms with van der Waals surface area (Å²) in [5.74, 6) is -0.721. The summed E-state index contributed by atoms with van der Waals surface area (Å²) in [5, 5.41) is 17.6. The number of nitrogens with one attached hydrogen (secondary N) is 2. The number of amides is 3. The standard InChI is InChI=1S/C30H37N3O5/c1-6-7-16-33(26(35)19-31-29(37)38-30(3,4)5)27(23-13-15-25(34)20(2)17-23)28(36)32-24-14-12-21-10-8-9-11-22(21)18-24/h8-15,17-18,27,34H,6-7,16,19H2,1-5H3,(H,31,37)(H,32,36). The first kappa shape index (κ1) is 28.5. The molecule has 3 rings (SSSR count). The molecule has 0 heterocycles. The molecule has 0 saturated heterocycles. The summed E-state index contributed by atoms with van der Waals surface area (Å²) in [6.45, 7) is 8.93. The van der Waals surface area contributed by atoms with Gasteiger partial charge in [0.15, 0.2) is 0 Å². The number of rotatable bonds is 9. The minimum absolute atomic E-state index is 0.0977. The van der Waals surface area contributed by atoms with Crippen molar-refractivity contribution in [1.29, 1.82) is 0 Å². The number of ether oxygens (including phenoxy) is 1. The summed E-state index contributed by atoms with van der Waals surface area (Å²) in [6, 6.07) is 17.3. The molecule has 0 spiro atoms. The molecule has 0 aromatic heterocycles. The molecule has 0 aliphatic heterocycles. The quantitative estimate of drug-likeness (QED) is 0.337. The molecule has 0 aliphatic carbocycles. The van der Waals surface area contributed by atoms with Crippen molar-refractivity contribution in [2.45, 2.75) is 59.1 Å². The summed E-state index contributed by atoms with van der Waals surface area (Å²) in [6.07, 6.45) is 0.755. The monoisotopic (exact) mass is 519 g/mol. The molecule has 1 unspecified atom stereocenters. The Morgan fingerprint density at radius 2 is 1.71 bits per heavy atom. The molecule has 3 amide bonds. The Bertz CT molecular complexity index is 1300. The van der Waals surface area contributed by atoms with Gasteiger partial charge in [-0.2, -0.15) is 0 Å². The van der Waals surface area contributed by atoms with E-state index in [9.17, 15) is 19.5 Å². The summed E-state index contributed by atoms with van der Waals surface area (Å²) in [5.41, 5.74) is 1.03. The van der Waals surface area contributed by atoms with Gasteiger partial charge in [-0.25, -0.2) is 4.79 Å². The van der Waals surface area contributed by atoms with Gasteiger partial charge in [-0.3, -0.25) is 9.59 Å². The van der Waals surface area contributed by atoms with Crippen molar-refractivity contribution < 1.29 is 24.2 Å². The van der Waals surface area contributed by atoms with E-state index < -0.39 is 29.6 Å². The highest BCUT2D eigenvalue weighted by Crippen LogP contribution is 2.28. The highest BCUT2D eigenvalue weighted by molar-refractivity contribution is 6.00. The lowest BCUT2D eigenvalue weighted by molar-refractivity contribution is -0.138. The maximum atomic E-state index is 13.8. The van der Waals surface area contributed by atoms with E-state index in [1.54, 1.807) is 39.8 Å². The van der Waals surface area contributed by atoms with Crippen LogP contribution in [0.15, 0.2) is 60.7 Å². The minimum atomic E-state index is -0.986. The van der Waals surface area contributed by atoms with Crippen LogP contribution < -0.4 is 10.6 Å². The van der Waals surface area contributed by atoms with Crippen molar-refractivity contribution >= 4 is 34.4 Å². The highest BCUT2D eigenvalue weighted by Gasteiger charge is 2.32. The van der Waals surface area contributed by atoms with Crippen molar-refractivity contribution in [3.05, 3.63) is 71.8 Å². The number of hydrogen-bond acceptors (Lipinski definition) is 5. The fraction of sp³-hybridized carbons (Fsp3) is 0.367. The van der Waals surface area contributed by atoms with Crippen LogP contribution in [-0.4, -0.2) is 46.6 Å². The largest absolute Gasteiger partial charge is 0.508 e. The average molecular weight is 520 g/mol. The van der Waals surface area contributed by atoms with Gasteiger partial charge in [-0.1, -0.05) is 49.7 Å². The number of nitrogens with zero attached hydrogens (tertiary/aromatic N) is 1. The Kier molecular flexibility index (Phi) is 9.34. The van der Waals surface area contributed by atoms with Gasteiger partial charge in [-0.05, 0) is 80.3 Å².